The fraction of sp³-hybridized carbons (Fsp3) is 0.304. The maximum Gasteiger partial charge on any atom is 0.295 e. The third-order valence-electron chi connectivity index (χ3n) is 5.24. The van der Waals surface area contributed by atoms with E-state index in [0.717, 1.165) is 0 Å². The summed E-state index contributed by atoms with van der Waals surface area (Å²) < 4.78 is 21.2. The van der Waals surface area contributed by atoms with E-state index in [2.05, 4.69) is 0 Å². The number of methoxy groups -OCH3 is 4. The van der Waals surface area contributed by atoms with E-state index >= 15 is 0 Å². The molecule has 2 aromatic carbocycles. The number of nitrogens with zero attached hydrogens (tertiary/aromatic N) is 1. The smallest absolute Gasteiger partial charge is 0.295 e. The lowest BCUT2D eigenvalue weighted by molar-refractivity contribution is -0.140. The molecule has 1 amide bonds. The van der Waals surface area contributed by atoms with Gasteiger partial charge in [-0.1, -0.05) is 29.8 Å². The number of ether oxygens (including phenoxy) is 4. The lowest BCUT2D eigenvalue weighted by Gasteiger charge is -2.26. The van der Waals surface area contributed by atoms with Gasteiger partial charge in [-0.05, 0) is 12.1 Å². The van der Waals surface area contributed by atoms with Crippen molar-refractivity contribution in [3.8, 4) is 17.2 Å². The van der Waals surface area contributed by atoms with E-state index in [4.69, 9.17) is 30.5 Å². The first-order valence-corrected chi connectivity index (χ1v) is 10.1. The maximum absolute atomic E-state index is 13.1. The molecular formula is C23H24ClNO7. The number of halogens is 1. The summed E-state index contributed by atoms with van der Waals surface area (Å²) >= 11 is 6.18. The average molecular weight is 462 g/mol. The van der Waals surface area contributed by atoms with Crippen molar-refractivity contribution >= 4 is 29.1 Å². The van der Waals surface area contributed by atoms with Crippen LogP contribution in [0.15, 0.2) is 42.0 Å². The molecule has 8 nitrogen and oxygen atoms in total. The average Bonchev–Trinajstić information content (AvgIpc) is 3.06. The highest BCUT2D eigenvalue weighted by molar-refractivity contribution is 6.46. The Labute approximate surface area is 190 Å². The molecule has 1 heterocycles. The number of hydrogen-bond acceptors (Lipinski definition) is 7. The molecule has 0 bridgehead atoms. The van der Waals surface area contributed by atoms with Crippen molar-refractivity contribution in [3.63, 3.8) is 0 Å². The van der Waals surface area contributed by atoms with Gasteiger partial charge in [0.15, 0.2) is 0 Å². The molecule has 1 saturated heterocycles. The molecule has 3 rings (SSSR count). The first-order valence-electron chi connectivity index (χ1n) is 9.71. The predicted octanol–water partition coefficient (Wildman–Crippen LogP) is 3.43. The van der Waals surface area contributed by atoms with Crippen LogP contribution in [0.1, 0.15) is 17.2 Å². The standard InChI is InChI=1S/C23H24ClNO7/c1-29-10-9-25-20(13-7-5-6-8-16(13)30-2)19(22(27)23(25)28)21(26)14-11-18(32-4)15(24)12-17(14)31-3/h5-8,11-12,20,26H,9-10H2,1-4H3/b21-19+. The first kappa shape index (κ1) is 23.4. The van der Waals surface area contributed by atoms with Gasteiger partial charge in [-0.25, -0.2) is 0 Å². The van der Waals surface area contributed by atoms with Crippen LogP contribution in [-0.4, -0.2) is 63.3 Å². The quantitative estimate of drug-likeness (QED) is 0.365. The molecule has 0 aromatic heterocycles. The summed E-state index contributed by atoms with van der Waals surface area (Å²) in [5.41, 5.74) is 0.614. The van der Waals surface area contributed by atoms with E-state index in [1.54, 1.807) is 24.3 Å². The van der Waals surface area contributed by atoms with Gasteiger partial charge in [0, 0.05) is 25.3 Å². The highest BCUT2D eigenvalue weighted by atomic mass is 35.5. The number of amides is 1. The van der Waals surface area contributed by atoms with Crippen LogP contribution in [0.3, 0.4) is 0 Å². The second-order valence-corrected chi connectivity index (χ2v) is 7.32. The van der Waals surface area contributed by atoms with Gasteiger partial charge in [-0.2, -0.15) is 0 Å². The molecular weight excluding hydrogens is 438 g/mol. The van der Waals surface area contributed by atoms with E-state index in [-0.39, 0.29) is 40.8 Å². The Morgan fingerprint density at radius 1 is 1.00 bits per heavy atom. The number of aliphatic hydroxyl groups excluding tert-OH is 1. The Kier molecular flexibility index (Phi) is 7.27. The van der Waals surface area contributed by atoms with Crippen LogP contribution < -0.4 is 14.2 Å². The van der Waals surface area contributed by atoms with Gasteiger partial charge in [0.25, 0.3) is 11.7 Å². The first-order chi connectivity index (χ1) is 15.4. The molecule has 1 aliphatic rings. The fourth-order valence-corrected chi connectivity index (χ4v) is 3.94. The van der Waals surface area contributed by atoms with Gasteiger partial charge in [0.05, 0.1) is 50.1 Å². The number of aliphatic hydroxyl groups is 1. The van der Waals surface area contributed by atoms with Gasteiger partial charge in [0.1, 0.15) is 23.0 Å². The molecule has 170 valence electrons. The number of rotatable bonds is 8. The second kappa shape index (κ2) is 9.93. The lowest BCUT2D eigenvalue weighted by atomic mass is 9.94. The summed E-state index contributed by atoms with van der Waals surface area (Å²) in [5.74, 6) is -1.03. The summed E-state index contributed by atoms with van der Waals surface area (Å²) in [6.45, 7) is 0.346. The molecule has 0 aliphatic carbocycles. The zero-order valence-corrected chi connectivity index (χ0v) is 18.9. The Morgan fingerprint density at radius 3 is 2.28 bits per heavy atom. The fourth-order valence-electron chi connectivity index (χ4n) is 3.71. The number of ketones is 1. The van der Waals surface area contributed by atoms with Crippen LogP contribution in [0.4, 0.5) is 0 Å². The second-order valence-electron chi connectivity index (χ2n) is 6.91. The number of carbonyl (C=O) groups is 2. The van der Waals surface area contributed by atoms with E-state index in [1.807, 2.05) is 0 Å². The van der Waals surface area contributed by atoms with Crippen LogP contribution in [0.25, 0.3) is 5.76 Å². The van der Waals surface area contributed by atoms with Crippen LogP contribution in [0.2, 0.25) is 5.02 Å². The monoisotopic (exact) mass is 461 g/mol. The summed E-state index contributed by atoms with van der Waals surface area (Å²) in [4.78, 5) is 27.4. The van der Waals surface area contributed by atoms with Gasteiger partial charge in [-0.15, -0.1) is 0 Å². The van der Waals surface area contributed by atoms with Crippen LogP contribution in [-0.2, 0) is 14.3 Å². The predicted molar refractivity (Wildman–Crippen MR) is 118 cm³/mol. The van der Waals surface area contributed by atoms with Crippen LogP contribution >= 0.6 is 11.6 Å². The molecule has 0 saturated carbocycles. The molecule has 1 atom stereocenters. The third-order valence-corrected chi connectivity index (χ3v) is 5.53. The lowest BCUT2D eigenvalue weighted by Crippen LogP contribution is -2.32. The van der Waals surface area contributed by atoms with Gasteiger partial charge in [-0.3, -0.25) is 9.59 Å². The number of likely N-dealkylation sites (tertiary alicyclic amines) is 1. The Morgan fingerprint density at radius 2 is 1.66 bits per heavy atom. The molecule has 1 fully saturated rings. The van der Waals surface area contributed by atoms with Crippen molar-refractivity contribution in [3.05, 3.63) is 58.1 Å². The highest BCUT2D eigenvalue weighted by Gasteiger charge is 2.47. The Bertz CT molecular complexity index is 1070. The summed E-state index contributed by atoms with van der Waals surface area (Å²) in [6.07, 6.45) is 0. The third kappa shape index (κ3) is 4.11. The molecule has 0 spiro atoms. The highest BCUT2D eigenvalue weighted by Crippen LogP contribution is 2.44. The van der Waals surface area contributed by atoms with Crippen molar-refractivity contribution < 1.29 is 33.6 Å². The van der Waals surface area contributed by atoms with Gasteiger partial charge < -0.3 is 29.0 Å². The number of para-hydroxylation sites is 1. The summed E-state index contributed by atoms with van der Waals surface area (Å²) in [5, 5.41) is 11.6. The van der Waals surface area contributed by atoms with E-state index < -0.39 is 23.5 Å². The number of Topliss-reactive ketones (excluding diaryl/α,β-unsaturated/α-hetero) is 1. The number of carbonyl (C=O) groups excluding carboxylic acids is 2. The largest absolute Gasteiger partial charge is 0.507 e. The number of hydrogen-bond donors (Lipinski definition) is 1. The number of benzene rings is 2. The molecule has 1 N–H and O–H groups in total. The summed E-state index contributed by atoms with van der Waals surface area (Å²) in [7, 11) is 5.83. The van der Waals surface area contributed by atoms with E-state index in [0.29, 0.717) is 11.3 Å². The maximum atomic E-state index is 13.1. The Balaban J connectivity index is 2.29. The zero-order chi connectivity index (χ0) is 23.4. The van der Waals surface area contributed by atoms with Crippen molar-refractivity contribution in [2.75, 3.05) is 41.6 Å². The molecule has 1 unspecified atom stereocenters. The minimum absolute atomic E-state index is 0.0988. The van der Waals surface area contributed by atoms with E-state index in [9.17, 15) is 14.7 Å². The topological polar surface area (TPSA) is 94.5 Å². The molecule has 0 radical (unpaired) electrons. The van der Waals surface area contributed by atoms with E-state index in [1.165, 1.54) is 45.5 Å². The minimum Gasteiger partial charge on any atom is -0.507 e. The van der Waals surface area contributed by atoms with Gasteiger partial charge >= 0.3 is 0 Å². The zero-order valence-electron chi connectivity index (χ0n) is 18.2. The van der Waals surface area contributed by atoms with Crippen LogP contribution in [0.5, 0.6) is 17.2 Å². The van der Waals surface area contributed by atoms with Crippen molar-refractivity contribution in [2.24, 2.45) is 0 Å². The molecule has 1 aliphatic heterocycles. The van der Waals surface area contributed by atoms with Gasteiger partial charge in [0.2, 0.25) is 0 Å². The Hall–Kier alpha value is -3.23. The molecule has 32 heavy (non-hydrogen) atoms. The minimum atomic E-state index is -0.896. The summed E-state index contributed by atoms with van der Waals surface area (Å²) in [6, 6.07) is 9.02. The van der Waals surface area contributed by atoms with Crippen molar-refractivity contribution in [1.29, 1.82) is 0 Å². The molecule has 2 aromatic rings. The normalized spacial score (nSPS) is 17.5. The molecule has 9 heteroatoms. The van der Waals surface area contributed by atoms with Crippen molar-refractivity contribution in [2.45, 2.75) is 6.04 Å². The van der Waals surface area contributed by atoms with Crippen LogP contribution in [0, 0.1) is 0 Å². The van der Waals surface area contributed by atoms with Crippen molar-refractivity contribution in [1.82, 2.24) is 4.90 Å². The SMILES string of the molecule is COCCN1C(=O)C(=O)/C(=C(/O)c2cc(OC)c(Cl)cc2OC)C1c1ccccc1OC.